The second-order valence-electron chi connectivity index (χ2n) is 11.1. The lowest BCUT2D eigenvalue weighted by Gasteiger charge is -2.38. The molecule has 1 saturated carbocycles. The van der Waals surface area contributed by atoms with Crippen molar-refractivity contribution >= 4 is 28.6 Å². The molecule has 1 aliphatic heterocycles. The third kappa shape index (κ3) is 5.19. The van der Waals surface area contributed by atoms with Gasteiger partial charge in [0.2, 0.25) is 11.8 Å². The van der Waals surface area contributed by atoms with Crippen LogP contribution in [0.25, 0.3) is 33.8 Å². The Hall–Kier alpha value is -3.24. The number of anilines is 1. The minimum Gasteiger partial charge on any atom is -0.381 e. The van der Waals surface area contributed by atoms with E-state index in [1.54, 1.807) is 19.5 Å². The van der Waals surface area contributed by atoms with Crippen LogP contribution < -0.4 is 10.7 Å². The molecule has 4 aromatic rings. The Morgan fingerprint density at radius 1 is 1.13 bits per heavy atom. The number of pyridine rings is 2. The molecule has 0 radical (unpaired) electrons. The van der Waals surface area contributed by atoms with E-state index in [9.17, 15) is 4.79 Å². The molecule has 0 aromatic carbocycles. The van der Waals surface area contributed by atoms with Gasteiger partial charge in [0.1, 0.15) is 5.69 Å². The van der Waals surface area contributed by atoms with E-state index in [1.807, 2.05) is 12.1 Å². The quantitative estimate of drug-likeness (QED) is 0.342. The smallest absolute Gasteiger partial charge is 0.381 e. The maximum atomic E-state index is 11.7. The number of piperidine rings is 1. The number of nitrogens with one attached hydrogen (secondary N) is 1. The van der Waals surface area contributed by atoms with Gasteiger partial charge >= 0.3 is 5.76 Å². The minimum absolute atomic E-state index is 0.249. The lowest BCUT2D eigenvalue weighted by molar-refractivity contribution is 0.0716. The molecule has 0 unspecified atom stereocenters. The third-order valence-corrected chi connectivity index (χ3v) is 8.57. The van der Waals surface area contributed by atoms with Crippen molar-refractivity contribution in [1.82, 2.24) is 29.7 Å². The Labute approximate surface area is 231 Å². The van der Waals surface area contributed by atoms with E-state index in [-0.39, 0.29) is 18.0 Å². The monoisotopic (exact) mass is 551 g/mol. The van der Waals surface area contributed by atoms with Crippen LogP contribution in [-0.4, -0.2) is 55.5 Å². The topological polar surface area (TPSA) is 115 Å². The normalized spacial score (nSPS) is 23.9. The average Bonchev–Trinajstić information content (AvgIpc) is 3.53. The van der Waals surface area contributed by atoms with Crippen LogP contribution in [-0.2, 0) is 11.3 Å². The Morgan fingerprint density at radius 3 is 2.64 bits per heavy atom. The van der Waals surface area contributed by atoms with Crippen molar-refractivity contribution in [3.8, 4) is 22.8 Å². The maximum Gasteiger partial charge on any atom is 0.439 e. The van der Waals surface area contributed by atoms with E-state index < -0.39 is 5.76 Å². The van der Waals surface area contributed by atoms with Crippen molar-refractivity contribution in [2.45, 2.75) is 71.1 Å². The zero-order valence-electron chi connectivity index (χ0n) is 22.6. The molecule has 206 valence electrons. The third-order valence-electron chi connectivity index (χ3n) is 8.36. The van der Waals surface area contributed by atoms with Crippen LogP contribution >= 0.6 is 11.6 Å². The first-order valence-corrected chi connectivity index (χ1v) is 14.2. The van der Waals surface area contributed by atoms with Crippen LogP contribution in [0.15, 0.2) is 33.8 Å². The molecule has 6 rings (SSSR count). The standard InChI is InChI=1S/C28H34ClN7O3/c1-16-4-6-18(7-5-16)15-36-25-22(32-27(36)35-9-8-21(38-3)10-17(35)2)12-23(26-33-28(37)39-34-26)31-24(25)19-11-20(29)14-30-13-19/h11-14,16-18,21H,4-10,15H2,1-3H3,(H,33,34,37)/t16?,17-,18?,21+/m0/s1. The van der Waals surface area contributed by atoms with E-state index in [1.165, 1.54) is 25.7 Å². The summed E-state index contributed by atoms with van der Waals surface area (Å²) >= 11 is 6.38. The molecule has 4 aromatic heterocycles. The largest absolute Gasteiger partial charge is 0.439 e. The van der Waals surface area contributed by atoms with Crippen LogP contribution in [0.4, 0.5) is 5.95 Å². The number of hydrogen-bond donors (Lipinski definition) is 1. The summed E-state index contributed by atoms with van der Waals surface area (Å²) < 4.78 is 12.8. The molecular weight excluding hydrogens is 518 g/mol. The molecule has 2 fully saturated rings. The molecule has 0 spiro atoms. The van der Waals surface area contributed by atoms with Crippen molar-refractivity contribution in [2.24, 2.45) is 11.8 Å². The molecule has 10 nitrogen and oxygen atoms in total. The summed E-state index contributed by atoms with van der Waals surface area (Å²) in [7, 11) is 1.79. The number of hydrogen-bond acceptors (Lipinski definition) is 8. The molecule has 39 heavy (non-hydrogen) atoms. The zero-order chi connectivity index (χ0) is 27.1. The summed E-state index contributed by atoms with van der Waals surface area (Å²) in [6, 6.07) is 4.00. The maximum absolute atomic E-state index is 11.7. The summed E-state index contributed by atoms with van der Waals surface area (Å²) in [6.07, 6.45) is 10.4. The Balaban J connectivity index is 1.55. The fourth-order valence-electron chi connectivity index (χ4n) is 6.15. The molecule has 1 aliphatic carbocycles. The van der Waals surface area contributed by atoms with Gasteiger partial charge in [-0.1, -0.05) is 36.5 Å². The van der Waals surface area contributed by atoms with E-state index in [4.69, 9.17) is 30.8 Å². The van der Waals surface area contributed by atoms with E-state index in [0.717, 1.165) is 54.4 Å². The number of rotatable bonds is 6. The van der Waals surface area contributed by atoms with Gasteiger partial charge < -0.3 is 14.2 Å². The predicted octanol–water partition coefficient (Wildman–Crippen LogP) is 5.32. The van der Waals surface area contributed by atoms with Crippen molar-refractivity contribution in [3.63, 3.8) is 0 Å². The minimum atomic E-state index is -0.634. The van der Waals surface area contributed by atoms with Gasteiger partial charge in [0.15, 0.2) is 0 Å². The van der Waals surface area contributed by atoms with Crippen LogP contribution in [0.2, 0.25) is 5.02 Å². The van der Waals surface area contributed by atoms with E-state index in [0.29, 0.717) is 22.3 Å². The molecule has 0 bridgehead atoms. The number of fused-ring (bicyclic) bond motifs is 1. The highest BCUT2D eigenvalue weighted by molar-refractivity contribution is 6.30. The summed E-state index contributed by atoms with van der Waals surface area (Å²) in [6.45, 7) is 6.30. The number of H-pyrrole nitrogens is 1. The highest BCUT2D eigenvalue weighted by Gasteiger charge is 2.31. The number of ether oxygens (including phenoxy) is 1. The highest BCUT2D eigenvalue weighted by Crippen LogP contribution is 2.38. The second-order valence-corrected chi connectivity index (χ2v) is 11.6. The van der Waals surface area contributed by atoms with Crippen LogP contribution in [0.5, 0.6) is 0 Å². The first-order valence-electron chi connectivity index (χ1n) is 13.8. The van der Waals surface area contributed by atoms with Gasteiger partial charge in [-0.25, -0.2) is 14.8 Å². The van der Waals surface area contributed by atoms with Crippen molar-refractivity contribution in [1.29, 1.82) is 0 Å². The van der Waals surface area contributed by atoms with Crippen molar-refractivity contribution in [2.75, 3.05) is 18.6 Å². The van der Waals surface area contributed by atoms with Gasteiger partial charge in [0, 0.05) is 44.2 Å². The fourth-order valence-corrected chi connectivity index (χ4v) is 6.32. The van der Waals surface area contributed by atoms with Gasteiger partial charge in [-0.15, -0.1) is 0 Å². The van der Waals surface area contributed by atoms with Gasteiger partial charge in [0.05, 0.1) is 27.9 Å². The number of imidazole rings is 1. The first-order chi connectivity index (χ1) is 18.9. The highest BCUT2D eigenvalue weighted by atomic mass is 35.5. The zero-order valence-corrected chi connectivity index (χ0v) is 23.3. The van der Waals surface area contributed by atoms with Crippen molar-refractivity contribution < 1.29 is 9.26 Å². The molecule has 2 aliphatic rings. The molecule has 1 N–H and O–H groups in total. The Morgan fingerprint density at radius 2 is 1.95 bits per heavy atom. The summed E-state index contributed by atoms with van der Waals surface area (Å²) in [5.41, 5.74) is 3.65. The molecule has 2 atom stereocenters. The van der Waals surface area contributed by atoms with Crippen molar-refractivity contribution in [3.05, 3.63) is 40.1 Å². The summed E-state index contributed by atoms with van der Waals surface area (Å²) in [4.78, 5) is 31.3. The molecule has 5 heterocycles. The number of halogens is 1. The number of methoxy groups -OCH3 is 1. The van der Waals surface area contributed by atoms with E-state index in [2.05, 4.69) is 38.4 Å². The van der Waals surface area contributed by atoms with Gasteiger partial charge in [-0.3, -0.25) is 14.5 Å². The summed E-state index contributed by atoms with van der Waals surface area (Å²) in [5, 5.41) is 4.41. The van der Waals surface area contributed by atoms with Gasteiger partial charge in [-0.2, -0.15) is 0 Å². The first kappa shape index (κ1) is 26.0. The molecule has 11 heteroatoms. The summed E-state index contributed by atoms with van der Waals surface area (Å²) in [5.74, 6) is 1.89. The molecular formula is C28H34ClN7O3. The number of aromatic amines is 1. The van der Waals surface area contributed by atoms with Crippen LogP contribution in [0.1, 0.15) is 52.4 Å². The number of aromatic nitrogens is 6. The lowest BCUT2D eigenvalue weighted by Crippen LogP contribution is -2.44. The Kier molecular flexibility index (Phi) is 7.16. The second kappa shape index (κ2) is 10.7. The predicted molar refractivity (Wildman–Crippen MR) is 150 cm³/mol. The Bertz CT molecular complexity index is 1520. The lowest BCUT2D eigenvalue weighted by atomic mass is 9.83. The van der Waals surface area contributed by atoms with Gasteiger partial charge in [0.25, 0.3) is 0 Å². The molecule has 0 amide bonds. The van der Waals surface area contributed by atoms with Crippen LogP contribution in [0, 0.1) is 11.8 Å². The molecule has 1 saturated heterocycles. The fraction of sp³-hybridized carbons (Fsp3) is 0.536. The van der Waals surface area contributed by atoms with Gasteiger partial charge in [-0.05, 0) is 56.6 Å². The SMILES string of the molecule is CO[C@@H]1CCN(c2nc3cc(-c4noc(=O)[nH]4)nc(-c4cncc(Cl)c4)c3n2CC2CCC(C)CC2)[C@@H](C)C1. The number of nitrogens with zero attached hydrogens (tertiary/aromatic N) is 6. The van der Waals surface area contributed by atoms with E-state index >= 15 is 0 Å². The van der Waals surface area contributed by atoms with Crippen LogP contribution in [0.3, 0.4) is 0 Å². The average molecular weight is 552 g/mol.